The van der Waals surface area contributed by atoms with Crippen LogP contribution < -0.4 is 20.5 Å². The molecular weight excluding hydrogens is 240 g/mol. The highest BCUT2D eigenvalue weighted by molar-refractivity contribution is 5.43. The first kappa shape index (κ1) is 15.8. The van der Waals surface area contributed by atoms with Crippen LogP contribution in [0.25, 0.3) is 0 Å². The molecule has 0 unspecified atom stereocenters. The second kappa shape index (κ2) is 9.64. The van der Waals surface area contributed by atoms with E-state index in [-0.39, 0.29) is 0 Å². The smallest absolute Gasteiger partial charge is 0.161 e. The van der Waals surface area contributed by atoms with Gasteiger partial charge in [0.25, 0.3) is 0 Å². The molecule has 0 heterocycles. The summed E-state index contributed by atoms with van der Waals surface area (Å²) in [5.41, 5.74) is 6.71. The fraction of sp³-hybridized carbons (Fsp3) is 0.600. The van der Waals surface area contributed by atoms with E-state index in [1.165, 1.54) is 5.56 Å². The summed E-state index contributed by atoms with van der Waals surface area (Å²) in [6.07, 6.45) is 2.00. The van der Waals surface area contributed by atoms with E-state index in [2.05, 4.69) is 17.4 Å². The van der Waals surface area contributed by atoms with E-state index in [0.29, 0.717) is 13.2 Å². The highest BCUT2D eigenvalue weighted by Crippen LogP contribution is 2.28. The Morgan fingerprint density at radius 1 is 1.05 bits per heavy atom. The van der Waals surface area contributed by atoms with Crippen molar-refractivity contribution >= 4 is 0 Å². The van der Waals surface area contributed by atoms with Crippen LogP contribution in [0.2, 0.25) is 0 Å². The van der Waals surface area contributed by atoms with Crippen LogP contribution in [0.15, 0.2) is 18.2 Å². The molecule has 1 aromatic carbocycles. The number of nitrogens with two attached hydrogens (primary N) is 1. The Bertz CT molecular complexity index is 356. The molecule has 0 fully saturated rings. The SMILES string of the molecule is CCOc1ccc(CCNCCCN)cc1OCC. The second-order valence-electron chi connectivity index (χ2n) is 4.29. The molecule has 0 aliphatic rings. The van der Waals surface area contributed by atoms with Gasteiger partial charge in [0.05, 0.1) is 13.2 Å². The van der Waals surface area contributed by atoms with E-state index < -0.39 is 0 Å². The van der Waals surface area contributed by atoms with Crippen LogP contribution in [-0.2, 0) is 6.42 Å². The van der Waals surface area contributed by atoms with Crippen LogP contribution in [0, 0.1) is 0 Å². The van der Waals surface area contributed by atoms with Crippen LogP contribution in [0.5, 0.6) is 11.5 Å². The minimum Gasteiger partial charge on any atom is -0.490 e. The van der Waals surface area contributed by atoms with Crippen LogP contribution in [0.1, 0.15) is 25.8 Å². The summed E-state index contributed by atoms with van der Waals surface area (Å²) in [4.78, 5) is 0. The van der Waals surface area contributed by atoms with Gasteiger partial charge in [-0.1, -0.05) is 6.07 Å². The molecule has 0 saturated heterocycles. The Morgan fingerprint density at radius 3 is 2.47 bits per heavy atom. The van der Waals surface area contributed by atoms with E-state index in [1.807, 2.05) is 19.9 Å². The summed E-state index contributed by atoms with van der Waals surface area (Å²) in [5, 5.41) is 3.37. The minimum absolute atomic E-state index is 0.651. The van der Waals surface area contributed by atoms with Crippen LogP contribution in [0.3, 0.4) is 0 Å². The van der Waals surface area contributed by atoms with Gasteiger partial charge in [0, 0.05) is 0 Å². The summed E-state index contributed by atoms with van der Waals surface area (Å²) in [5.74, 6) is 1.66. The Morgan fingerprint density at radius 2 is 1.79 bits per heavy atom. The molecule has 0 aromatic heterocycles. The van der Waals surface area contributed by atoms with Gasteiger partial charge in [-0.2, -0.15) is 0 Å². The minimum atomic E-state index is 0.651. The first-order valence-electron chi connectivity index (χ1n) is 7.11. The number of ether oxygens (including phenoxy) is 2. The lowest BCUT2D eigenvalue weighted by Gasteiger charge is -2.12. The van der Waals surface area contributed by atoms with Crippen LogP contribution >= 0.6 is 0 Å². The van der Waals surface area contributed by atoms with Crippen molar-refractivity contribution in [1.82, 2.24) is 5.32 Å². The topological polar surface area (TPSA) is 56.5 Å². The predicted octanol–water partition coefficient (Wildman–Crippen LogP) is 1.96. The molecule has 3 N–H and O–H groups in total. The number of benzene rings is 1. The molecular formula is C15H26N2O2. The van der Waals surface area contributed by atoms with Crippen molar-refractivity contribution in [3.05, 3.63) is 23.8 Å². The fourth-order valence-electron chi connectivity index (χ4n) is 1.84. The Labute approximate surface area is 116 Å². The Kier molecular flexibility index (Phi) is 8.02. The van der Waals surface area contributed by atoms with Crippen LogP contribution in [-0.4, -0.2) is 32.8 Å². The van der Waals surface area contributed by atoms with Crippen molar-refractivity contribution in [3.8, 4) is 11.5 Å². The Hall–Kier alpha value is -1.26. The van der Waals surface area contributed by atoms with Gasteiger partial charge in [-0.3, -0.25) is 0 Å². The average Bonchev–Trinajstić information content (AvgIpc) is 2.42. The van der Waals surface area contributed by atoms with Crippen molar-refractivity contribution in [2.45, 2.75) is 26.7 Å². The third kappa shape index (κ3) is 5.94. The summed E-state index contributed by atoms with van der Waals surface area (Å²) >= 11 is 0. The molecule has 4 nitrogen and oxygen atoms in total. The normalized spacial score (nSPS) is 10.5. The molecule has 0 saturated carbocycles. The standard InChI is InChI=1S/C15H26N2O2/c1-3-18-14-7-6-13(12-15(14)19-4-2)8-11-17-10-5-9-16/h6-7,12,17H,3-5,8-11,16H2,1-2H3. The number of rotatable bonds is 10. The first-order chi connectivity index (χ1) is 9.31. The lowest BCUT2D eigenvalue weighted by Crippen LogP contribution is -2.20. The lowest BCUT2D eigenvalue weighted by atomic mass is 10.1. The molecule has 1 rings (SSSR count). The van der Waals surface area contributed by atoms with Crippen molar-refractivity contribution < 1.29 is 9.47 Å². The number of nitrogens with one attached hydrogen (secondary N) is 1. The van der Waals surface area contributed by atoms with Gasteiger partial charge < -0.3 is 20.5 Å². The molecule has 19 heavy (non-hydrogen) atoms. The molecule has 0 radical (unpaired) electrons. The summed E-state index contributed by atoms with van der Waals surface area (Å²) in [6, 6.07) is 6.15. The van der Waals surface area contributed by atoms with Gasteiger partial charge in [-0.25, -0.2) is 0 Å². The predicted molar refractivity (Wildman–Crippen MR) is 79.0 cm³/mol. The number of hydrogen-bond acceptors (Lipinski definition) is 4. The van der Waals surface area contributed by atoms with E-state index >= 15 is 0 Å². The maximum atomic E-state index is 5.61. The van der Waals surface area contributed by atoms with E-state index in [4.69, 9.17) is 15.2 Å². The molecule has 4 heteroatoms. The van der Waals surface area contributed by atoms with Gasteiger partial charge in [0.1, 0.15) is 0 Å². The zero-order valence-corrected chi connectivity index (χ0v) is 12.1. The summed E-state index contributed by atoms with van der Waals surface area (Å²) in [7, 11) is 0. The highest BCUT2D eigenvalue weighted by Gasteiger charge is 2.05. The fourth-order valence-corrected chi connectivity index (χ4v) is 1.84. The van der Waals surface area contributed by atoms with Crippen LogP contribution in [0.4, 0.5) is 0 Å². The van der Waals surface area contributed by atoms with E-state index in [1.54, 1.807) is 0 Å². The number of hydrogen-bond donors (Lipinski definition) is 2. The zero-order valence-electron chi connectivity index (χ0n) is 12.1. The van der Waals surface area contributed by atoms with Crippen molar-refractivity contribution in [1.29, 1.82) is 0 Å². The van der Waals surface area contributed by atoms with Crippen molar-refractivity contribution in [3.63, 3.8) is 0 Å². The molecule has 1 aromatic rings. The third-order valence-electron chi connectivity index (χ3n) is 2.76. The molecule has 0 spiro atoms. The van der Waals surface area contributed by atoms with Gasteiger partial charge in [0.15, 0.2) is 11.5 Å². The summed E-state index contributed by atoms with van der Waals surface area (Å²) < 4.78 is 11.2. The van der Waals surface area contributed by atoms with Gasteiger partial charge in [-0.05, 0) is 64.0 Å². The molecule has 0 amide bonds. The second-order valence-corrected chi connectivity index (χ2v) is 4.29. The average molecular weight is 266 g/mol. The maximum absolute atomic E-state index is 5.61. The van der Waals surface area contributed by atoms with Gasteiger partial charge in [0.2, 0.25) is 0 Å². The van der Waals surface area contributed by atoms with E-state index in [9.17, 15) is 0 Å². The van der Waals surface area contributed by atoms with Gasteiger partial charge in [-0.15, -0.1) is 0 Å². The maximum Gasteiger partial charge on any atom is 0.161 e. The monoisotopic (exact) mass is 266 g/mol. The third-order valence-corrected chi connectivity index (χ3v) is 2.76. The van der Waals surface area contributed by atoms with Crippen molar-refractivity contribution in [2.24, 2.45) is 5.73 Å². The molecule has 0 aliphatic heterocycles. The summed E-state index contributed by atoms with van der Waals surface area (Å²) in [6.45, 7) is 7.94. The Balaban J connectivity index is 2.51. The molecule has 108 valence electrons. The molecule has 0 aliphatic carbocycles. The quantitative estimate of drug-likeness (QED) is 0.636. The highest BCUT2D eigenvalue weighted by atomic mass is 16.5. The largest absolute Gasteiger partial charge is 0.490 e. The molecule has 0 atom stereocenters. The van der Waals surface area contributed by atoms with Crippen molar-refractivity contribution in [2.75, 3.05) is 32.8 Å². The zero-order chi connectivity index (χ0) is 13.9. The molecule has 0 bridgehead atoms. The lowest BCUT2D eigenvalue weighted by molar-refractivity contribution is 0.287. The van der Waals surface area contributed by atoms with E-state index in [0.717, 1.165) is 44.0 Å². The van der Waals surface area contributed by atoms with Gasteiger partial charge >= 0.3 is 0 Å². The first-order valence-corrected chi connectivity index (χ1v) is 7.11.